The van der Waals surface area contributed by atoms with Crippen LogP contribution in [0.3, 0.4) is 0 Å². The van der Waals surface area contributed by atoms with Crippen LogP contribution >= 0.6 is 0 Å². The number of likely N-dealkylation sites (tertiary alicyclic amines) is 1. The van der Waals surface area contributed by atoms with Crippen LogP contribution in [0.1, 0.15) is 38.5 Å². The first-order chi connectivity index (χ1) is 19.9. The molecule has 0 aromatic heterocycles. The van der Waals surface area contributed by atoms with Crippen molar-refractivity contribution in [2.75, 3.05) is 32.7 Å². The summed E-state index contributed by atoms with van der Waals surface area (Å²) >= 11 is 0. The molecule has 208 valence electrons. The Labute approximate surface area is 241 Å². The highest BCUT2D eigenvalue weighted by Crippen LogP contribution is 2.58. The van der Waals surface area contributed by atoms with E-state index < -0.39 is 11.5 Å². The van der Waals surface area contributed by atoms with E-state index in [9.17, 15) is 9.59 Å². The minimum Gasteiger partial charge on any atom is -0.497 e. The van der Waals surface area contributed by atoms with Crippen LogP contribution in [0.5, 0.6) is 11.5 Å². The smallest absolute Gasteiger partial charge is 0.253 e. The van der Waals surface area contributed by atoms with Crippen LogP contribution in [0.4, 0.5) is 5.69 Å². The maximum absolute atomic E-state index is 15.0. The average molecular weight is 547 g/mol. The van der Waals surface area contributed by atoms with E-state index in [1.165, 1.54) is 0 Å². The van der Waals surface area contributed by atoms with Gasteiger partial charge in [0, 0.05) is 35.3 Å². The fourth-order valence-electron chi connectivity index (χ4n) is 6.88. The number of Topliss-reactive ketones (excluding diaryl/α,β-unsaturated/α-hetero) is 1. The molecule has 3 atom stereocenters. The Morgan fingerprint density at radius 2 is 1.61 bits per heavy atom. The van der Waals surface area contributed by atoms with Crippen LogP contribution in [0, 0.1) is 12.8 Å². The second-order valence-electron chi connectivity index (χ2n) is 10.9. The Morgan fingerprint density at radius 3 is 2.34 bits per heavy atom. The fourth-order valence-corrected chi connectivity index (χ4v) is 6.88. The van der Waals surface area contributed by atoms with Gasteiger partial charge in [-0.25, -0.2) is 0 Å². The monoisotopic (exact) mass is 546 g/mol. The van der Waals surface area contributed by atoms with Crippen molar-refractivity contribution in [1.29, 1.82) is 0 Å². The lowest BCUT2D eigenvalue weighted by Crippen LogP contribution is -2.53. The number of anilines is 1. The molecular formula is C35H34N2O4. The fraction of sp³-hybridized carbons (Fsp3) is 0.257. The second-order valence-corrected chi connectivity index (χ2v) is 10.9. The summed E-state index contributed by atoms with van der Waals surface area (Å²) in [5.41, 5.74) is 4.21. The molecular weight excluding hydrogens is 512 g/mol. The number of rotatable bonds is 7. The lowest BCUT2D eigenvalue weighted by Gasteiger charge is -2.36. The van der Waals surface area contributed by atoms with Crippen molar-refractivity contribution >= 4 is 17.4 Å². The van der Waals surface area contributed by atoms with Crippen molar-refractivity contribution in [2.24, 2.45) is 5.92 Å². The maximum Gasteiger partial charge on any atom is 0.253 e. The number of ketones is 1. The number of fused-ring (bicyclic) bond motifs is 2. The number of benzene rings is 4. The summed E-state index contributed by atoms with van der Waals surface area (Å²) in [5.74, 6) is 0.189. The molecule has 0 unspecified atom stereocenters. The SMILES string of the molecule is COc1ccc([C@@H]2CN(C)[C@]3(C(=O)N(Cc4ccccc4C)c4ccccc43)[C@H]2C(=O)c2ccccc2)c(OC)c1. The van der Waals surface area contributed by atoms with Crippen molar-refractivity contribution in [1.82, 2.24) is 4.90 Å². The van der Waals surface area contributed by atoms with Crippen LogP contribution in [-0.2, 0) is 16.9 Å². The number of ether oxygens (including phenoxy) is 2. The highest BCUT2D eigenvalue weighted by molar-refractivity contribution is 6.13. The number of carbonyl (C=O) groups excluding carboxylic acids is 2. The molecule has 0 bridgehead atoms. The minimum atomic E-state index is -1.18. The molecule has 2 aliphatic heterocycles. The van der Waals surface area contributed by atoms with Crippen molar-refractivity contribution in [2.45, 2.75) is 24.9 Å². The molecule has 1 fully saturated rings. The quantitative estimate of drug-likeness (QED) is 0.267. The Morgan fingerprint density at radius 1 is 0.902 bits per heavy atom. The summed E-state index contributed by atoms with van der Waals surface area (Å²) in [7, 11) is 5.21. The molecule has 0 saturated carbocycles. The summed E-state index contributed by atoms with van der Waals surface area (Å²) < 4.78 is 11.3. The van der Waals surface area contributed by atoms with Gasteiger partial charge in [-0.15, -0.1) is 0 Å². The second kappa shape index (κ2) is 10.5. The molecule has 6 nitrogen and oxygen atoms in total. The van der Waals surface area contributed by atoms with Gasteiger partial charge in [-0.3, -0.25) is 14.5 Å². The van der Waals surface area contributed by atoms with Crippen molar-refractivity contribution in [3.8, 4) is 11.5 Å². The van der Waals surface area contributed by atoms with Crippen LogP contribution < -0.4 is 14.4 Å². The molecule has 4 aromatic carbocycles. The standard InChI is InChI=1S/C35H34N2O4/c1-23-12-8-9-15-25(23)21-37-30-17-11-10-16-29(30)35(34(37)39)32(33(38)24-13-6-5-7-14-24)28(22-36(35)2)27-19-18-26(40-3)20-31(27)41-4/h5-20,28,32H,21-22H2,1-4H3/t28-,32+,35-/m0/s1. The van der Waals surface area contributed by atoms with E-state index in [0.717, 1.165) is 27.9 Å². The number of hydrogen-bond donors (Lipinski definition) is 0. The summed E-state index contributed by atoms with van der Waals surface area (Å²) in [6.45, 7) is 3.00. The number of methoxy groups -OCH3 is 2. The molecule has 0 radical (unpaired) electrons. The van der Waals surface area contributed by atoms with E-state index in [1.54, 1.807) is 14.2 Å². The predicted molar refractivity (Wildman–Crippen MR) is 160 cm³/mol. The van der Waals surface area contributed by atoms with E-state index >= 15 is 0 Å². The highest BCUT2D eigenvalue weighted by Gasteiger charge is 2.66. The minimum absolute atomic E-state index is 0.0567. The Kier molecular flexibility index (Phi) is 6.88. The van der Waals surface area contributed by atoms with Crippen LogP contribution in [-0.4, -0.2) is 44.4 Å². The molecule has 41 heavy (non-hydrogen) atoms. The van der Waals surface area contributed by atoms with Gasteiger partial charge in [-0.05, 0) is 42.8 Å². The third-order valence-electron chi connectivity index (χ3n) is 8.87. The van der Waals surface area contributed by atoms with Crippen molar-refractivity contribution in [3.63, 3.8) is 0 Å². The molecule has 1 saturated heterocycles. The lowest BCUT2D eigenvalue weighted by atomic mass is 9.70. The number of carbonyl (C=O) groups is 2. The summed E-state index contributed by atoms with van der Waals surface area (Å²) in [6, 6.07) is 31.1. The van der Waals surface area contributed by atoms with Crippen molar-refractivity contribution < 1.29 is 19.1 Å². The van der Waals surface area contributed by atoms with Gasteiger partial charge in [-0.2, -0.15) is 0 Å². The normalized spacial score (nSPS) is 21.8. The molecule has 0 aliphatic carbocycles. The number of nitrogens with zero attached hydrogens (tertiary/aromatic N) is 2. The molecule has 1 amide bonds. The van der Waals surface area contributed by atoms with Gasteiger partial charge in [0.25, 0.3) is 5.91 Å². The zero-order valence-corrected chi connectivity index (χ0v) is 23.8. The number of amides is 1. The molecule has 1 spiro atoms. The molecule has 6 heteroatoms. The number of aryl methyl sites for hydroxylation is 1. The molecule has 6 rings (SSSR count). The Balaban J connectivity index is 1.56. The summed E-state index contributed by atoms with van der Waals surface area (Å²) in [5, 5.41) is 0. The van der Waals surface area contributed by atoms with Gasteiger partial charge in [0.2, 0.25) is 0 Å². The third kappa shape index (κ3) is 4.13. The van der Waals surface area contributed by atoms with Crippen LogP contribution in [0.25, 0.3) is 0 Å². The third-order valence-corrected chi connectivity index (χ3v) is 8.87. The topological polar surface area (TPSA) is 59.1 Å². The van der Waals surface area contributed by atoms with Crippen molar-refractivity contribution in [3.05, 3.63) is 125 Å². The van der Waals surface area contributed by atoms with E-state index in [-0.39, 0.29) is 17.6 Å². The van der Waals surface area contributed by atoms with Gasteiger partial charge in [0.05, 0.1) is 26.7 Å². The summed E-state index contributed by atoms with van der Waals surface area (Å²) in [6.07, 6.45) is 0. The zero-order valence-electron chi connectivity index (χ0n) is 23.8. The first kappa shape index (κ1) is 26.8. The number of likely N-dealkylation sites (N-methyl/N-ethyl adjacent to an activating group) is 1. The maximum atomic E-state index is 15.0. The molecule has 2 aliphatic rings. The first-order valence-electron chi connectivity index (χ1n) is 13.9. The predicted octanol–water partition coefficient (Wildman–Crippen LogP) is 5.98. The lowest BCUT2D eigenvalue weighted by molar-refractivity contribution is -0.129. The average Bonchev–Trinajstić information content (AvgIpc) is 3.45. The van der Waals surface area contributed by atoms with Gasteiger partial charge in [-0.1, -0.05) is 78.9 Å². The Bertz CT molecular complexity index is 1620. The molecule has 4 aromatic rings. The Hall–Kier alpha value is -4.42. The zero-order chi connectivity index (χ0) is 28.7. The van der Waals surface area contributed by atoms with E-state index in [0.29, 0.717) is 30.2 Å². The van der Waals surface area contributed by atoms with Crippen LogP contribution in [0.2, 0.25) is 0 Å². The highest BCUT2D eigenvalue weighted by atomic mass is 16.5. The summed E-state index contributed by atoms with van der Waals surface area (Å²) in [4.78, 5) is 33.6. The van der Waals surface area contributed by atoms with Crippen LogP contribution in [0.15, 0.2) is 97.1 Å². The number of hydrogen-bond acceptors (Lipinski definition) is 5. The largest absolute Gasteiger partial charge is 0.497 e. The van der Waals surface area contributed by atoms with Gasteiger partial charge >= 0.3 is 0 Å². The van der Waals surface area contributed by atoms with Gasteiger partial charge in [0.1, 0.15) is 17.0 Å². The molecule has 2 heterocycles. The first-order valence-corrected chi connectivity index (χ1v) is 13.9. The van der Waals surface area contributed by atoms with E-state index in [2.05, 4.69) is 24.0 Å². The molecule has 0 N–H and O–H groups in total. The van der Waals surface area contributed by atoms with Gasteiger partial charge < -0.3 is 14.4 Å². The van der Waals surface area contributed by atoms with E-state index in [1.807, 2.05) is 96.9 Å². The number of para-hydroxylation sites is 1. The van der Waals surface area contributed by atoms with E-state index in [4.69, 9.17) is 9.47 Å². The van der Waals surface area contributed by atoms with Gasteiger partial charge in [0.15, 0.2) is 5.78 Å².